The van der Waals surface area contributed by atoms with Crippen LogP contribution in [0.25, 0.3) is 0 Å². The Kier molecular flexibility index (Phi) is 3.93. The van der Waals surface area contributed by atoms with E-state index < -0.39 is 5.82 Å². The third-order valence-electron chi connectivity index (χ3n) is 2.67. The maximum absolute atomic E-state index is 13.1. The van der Waals surface area contributed by atoms with Gasteiger partial charge in [-0.25, -0.2) is 4.39 Å². The number of nitriles is 1. The van der Waals surface area contributed by atoms with Gasteiger partial charge in [0, 0.05) is 12.2 Å². The van der Waals surface area contributed by atoms with Crippen molar-refractivity contribution in [2.45, 2.75) is 6.42 Å². The van der Waals surface area contributed by atoms with Crippen molar-refractivity contribution in [2.24, 2.45) is 0 Å². The second-order valence-corrected chi connectivity index (χ2v) is 3.97. The molecular weight excluding hydrogens is 227 g/mol. The minimum atomic E-state index is -0.480. The predicted octanol–water partition coefficient (Wildman–Crippen LogP) is 3.35. The molecule has 0 saturated heterocycles. The summed E-state index contributed by atoms with van der Waals surface area (Å²) in [6.07, 6.45) is 0.889. The average Bonchev–Trinajstić information content (AvgIpc) is 2.42. The number of halogens is 1. The maximum Gasteiger partial charge on any atom is 0.141 e. The van der Waals surface area contributed by atoms with Crippen LogP contribution in [0.2, 0.25) is 0 Å². The highest BCUT2D eigenvalue weighted by atomic mass is 19.1. The minimum absolute atomic E-state index is 0.0692. The number of rotatable bonds is 4. The molecule has 18 heavy (non-hydrogen) atoms. The standard InChI is InChI=1S/C15H13FN2/c16-15-7-6-14(10-13(15)11-17)18-9-8-12-4-2-1-3-5-12/h1-7,10,18H,8-9H2. The molecule has 2 aromatic carbocycles. The summed E-state index contributed by atoms with van der Waals surface area (Å²) >= 11 is 0. The van der Waals surface area contributed by atoms with Gasteiger partial charge >= 0.3 is 0 Å². The van der Waals surface area contributed by atoms with Crippen molar-refractivity contribution in [1.29, 1.82) is 5.26 Å². The zero-order valence-corrected chi connectivity index (χ0v) is 9.86. The fourth-order valence-electron chi connectivity index (χ4n) is 1.72. The van der Waals surface area contributed by atoms with Crippen LogP contribution >= 0.6 is 0 Å². The third kappa shape index (κ3) is 3.08. The van der Waals surface area contributed by atoms with E-state index in [1.165, 1.54) is 17.7 Å². The molecule has 0 radical (unpaired) electrons. The van der Waals surface area contributed by atoms with Gasteiger partial charge in [-0.05, 0) is 30.2 Å². The van der Waals surface area contributed by atoms with E-state index in [1.54, 1.807) is 6.07 Å². The normalized spacial score (nSPS) is 9.78. The molecule has 0 bridgehead atoms. The summed E-state index contributed by atoms with van der Waals surface area (Å²) in [5.41, 5.74) is 2.08. The van der Waals surface area contributed by atoms with Crippen molar-refractivity contribution in [3.8, 4) is 6.07 Å². The molecule has 0 aliphatic carbocycles. The van der Waals surface area contributed by atoms with Gasteiger partial charge in [0.1, 0.15) is 11.9 Å². The SMILES string of the molecule is N#Cc1cc(NCCc2ccccc2)ccc1F. The van der Waals surface area contributed by atoms with E-state index in [9.17, 15) is 4.39 Å². The number of nitrogens with zero attached hydrogens (tertiary/aromatic N) is 1. The lowest BCUT2D eigenvalue weighted by Gasteiger charge is -2.07. The van der Waals surface area contributed by atoms with Crippen molar-refractivity contribution >= 4 is 5.69 Å². The van der Waals surface area contributed by atoms with E-state index in [1.807, 2.05) is 24.3 Å². The molecule has 0 saturated carbocycles. The minimum Gasteiger partial charge on any atom is -0.385 e. The number of hydrogen-bond donors (Lipinski definition) is 1. The monoisotopic (exact) mass is 240 g/mol. The zero-order valence-electron chi connectivity index (χ0n) is 9.86. The van der Waals surface area contributed by atoms with Crippen LogP contribution in [0.15, 0.2) is 48.5 Å². The molecule has 1 N–H and O–H groups in total. The highest BCUT2D eigenvalue weighted by Crippen LogP contribution is 2.13. The summed E-state index contributed by atoms with van der Waals surface area (Å²) in [7, 11) is 0. The van der Waals surface area contributed by atoms with E-state index in [0.717, 1.165) is 18.7 Å². The molecule has 0 amide bonds. The number of benzene rings is 2. The molecule has 0 atom stereocenters. The van der Waals surface area contributed by atoms with Gasteiger partial charge in [0.05, 0.1) is 5.56 Å². The summed E-state index contributed by atoms with van der Waals surface area (Å²) in [5, 5.41) is 11.9. The molecule has 0 unspecified atom stereocenters. The molecule has 0 aromatic heterocycles. The first-order valence-corrected chi connectivity index (χ1v) is 5.77. The molecule has 3 heteroatoms. The summed E-state index contributed by atoms with van der Waals surface area (Å²) in [6, 6.07) is 16.4. The number of nitrogens with one attached hydrogen (secondary N) is 1. The van der Waals surface area contributed by atoms with Crippen LogP contribution in [-0.4, -0.2) is 6.54 Å². The van der Waals surface area contributed by atoms with E-state index >= 15 is 0 Å². The lowest BCUT2D eigenvalue weighted by atomic mass is 10.1. The van der Waals surface area contributed by atoms with Crippen LogP contribution in [-0.2, 0) is 6.42 Å². The van der Waals surface area contributed by atoms with Gasteiger partial charge in [0.15, 0.2) is 0 Å². The van der Waals surface area contributed by atoms with E-state index in [4.69, 9.17) is 5.26 Å². The predicted molar refractivity (Wildman–Crippen MR) is 69.8 cm³/mol. The van der Waals surface area contributed by atoms with Crippen LogP contribution in [0, 0.1) is 17.1 Å². The third-order valence-corrected chi connectivity index (χ3v) is 2.67. The van der Waals surface area contributed by atoms with Crippen LogP contribution < -0.4 is 5.32 Å². The van der Waals surface area contributed by atoms with Crippen molar-refractivity contribution in [2.75, 3.05) is 11.9 Å². The molecule has 90 valence electrons. The zero-order chi connectivity index (χ0) is 12.8. The summed E-state index contributed by atoms with van der Waals surface area (Å²) in [6.45, 7) is 0.751. The Bertz CT molecular complexity index is 558. The Labute approximate surface area is 106 Å². The van der Waals surface area contributed by atoms with Gasteiger partial charge in [0.25, 0.3) is 0 Å². The Morgan fingerprint density at radius 1 is 1.11 bits per heavy atom. The second-order valence-electron chi connectivity index (χ2n) is 3.97. The summed E-state index contributed by atoms with van der Waals surface area (Å²) in [5.74, 6) is -0.480. The lowest BCUT2D eigenvalue weighted by Crippen LogP contribution is -2.05. The highest BCUT2D eigenvalue weighted by Gasteiger charge is 2.02. The Morgan fingerprint density at radius 2 is 1.89 bits per heavy atom. The summed E-state index contributed by atoms with van der Waals surface area (Å²) in [4.78, 5) is 0. The number of hydrogen-bond acceptors (Lipinski definition) is 2. The topological polar surface area (TPSA) is 35.8 Å². The average molecular weight is 240 g/mol. The fraction of sp³-hybridized carbons (Fsp3) is 0.133. The molecule has 0 aliphatic rings. The molecule has 0 heterocycles. The quantitative estimate of drug-likeness (QED) is 0.889. The van der Waals surface area contributed by atoms with Gasteiger partial charge in [-0.1, -0.05) is 30.3 Å². The Hall–Kier alpha value is -2.34. The first kappa shape index (κ1) is 12.1. The fourth-order valence-corrected chi connectivity index (χ4v) is 1.72. The molecular formula is C15H13FN2. The van der Waals surface area contributed by atoms with Crippen LogP contribution in [0.1, 0.15) is 11.1 Å². The smallest absolute Gasteiger partial charge is 0.141 e. The van der Waals surface area contributed by atoms with Gasteiger partial charge in [-0.3, -0.25) is 0 Å². The van der Waals surface area contributed by atoms with Crippen LogP contribution in [0.5, 0.6) is 0 Å². The van der Waals surface area contributed by atoms with Crippen molar-refractivity contribution in [3.05, 3.63) is 65.5 Å². The van der Waals surface area contributed by atoms with Crippen molar-refractivity contribution < 1.29 is 4.39 Å². The molecule has 0 spiro atoms. The first-order chi connectivity index (χ1) is 8.79. The lowest BCUT2D eigenvalue weighted by molar-refractivity contribution is 0.624. The molecule has 2 aromatic rings. The van der Waals surface area contributed by atoms with Gasteiger partial charge < -0.3 is 5.32 Å². The molecule has 2 nitrogen and oxygen atoms in total. The molecule has 2 rings (SSSR count). The van der Waals surface area contributed by atoms with Gasteiger partial charge in [-0.2, -0.15) is 5.26 Å². The van der Waals surface area contributed by atoms with Gasteiger partial charge in [0.2, 0.25) is 0 Å². The largest absolute Gasteiger partial charge is 0.385 e. The second kappa shape index (κ2) is 5.83. The van der Waals surface area contributed by atoms with Gasteiger partial charge in [-0.15, -0.1) is 0 Å². The van der Waals surface area contributed by atoms with E-state index in [0.29, 0.717) is 0 Å². The maximum atomic E-state index is 13.1. The van der Waals surface area contributed by atoms with Crippen LogP contribution in [0.4, 0.5) is 10.1 Å². The van der Waals surface area contributed by atoms with Crippen molar-refractivity contribution in [3.63, 3.8) is 0 Å². The molecule has 0 fully saturated rings. The number of anilines is 1. The van der Waals surface area contributed by atoms with Crippen molar-refractivity contribution in [1.82, 2.24) is 0 Å². The Morgan fingerprint density at radius 3 is 2.61 bits per heavy atom. The van der Waals surface area contributed by atoms with E-state index in [-0.39, 0.29) is 5.56 Å². The highest BCUT2D eigenvalue weighted by molar-refractivity contribution is 5.49. The summed E-state index contributed by atoms with van der Waals surface area (Å²) < 4.78 is 13.1. The Balaban J connectivity index is 1.93. The van der Waals surface area contributed by atoms with E-state index in [2.05, 4.69) is 17.4 Å². The first-order valence-electron chi connectivity index (χ1n) is 5.77. The van der Waals surface area contributed by atoms with Crippen LogP contribution in [0.3, 0.4) is 0 Å². The molecule has 0 aliphatic heterocycles.